The zero-order valence-corrected chi connectivity index (χ0v) is 17.0. The van der Waals surface area contributed by atoms with Crippen LogP contribution >= 0.6 is 34.8 Å². The summed E-state index contributed by atoms with van der Waals surface area (Å²) in [5.74, 6) is 0.474. The van der Waals surface area contributed by atoms with E-state index >= 15 is 0 Å². The molecule has 1 fully saturated rings. The van der Waals surface area contributed by atoms with E-state index in [4.69, 9.17) is 39.5 Å². The molecule has 0 spiro atoms. The summed E-state index contributed by atoms with van der Waals surface area (Å²) in [5, 5.41) is 0.745. The molecule has 3 heterocycles. The number of hydrogen-bond acceptors (Lipinski definition) is 6. The first-order valence-corrected chi connectivity index (χ1v) is 9.08. The summed E-state index contributed by atoms with van der Waals surface area (Å²) in [5.41, 5.74) is 0.398. The second kappa shape index (κ2) is 6.87. The molecule has 2 aromatic rings. The van der Waals surface area contributed by atoms with E-state index in [1.54, 1.807) is 11.9 Å². The number of halogens is 3. The summed E-state index contributed by atoms with van der Waals surface area (Å²) in [6.45, 7) is 6.78. The third-order valence-electron chi connectivity index (χ3n) is 4.23. The quantitative estimate of drug-likeness (QED) is 0.733. The molecule has 0 saturated carbocycles. The number of pyridine rings is 1. The van der Waals surface area contributed by atoms with Crippen LogP contribution in [0.15, 0.2) is 6.20 Å². The molecule has 26 heavy (non-hydrogen) atoms. The van der Waals surface area contributed by atoms with Gasteiger partial charge >= 0.3 is 6.09 Å². The maximum Gasteiger partial charge on any atom is 0.410 e. The Balaban J connectivity index is 1.70. The molecule has 0 unspecified atom stereocenters. The van der Waals surface area contributed by atoms with Gasteiger partial charge in [0.1, 0.15) is 11.6 Å². The maximum absolute atomic E-state index is 12.1. The highest BCUT2D eigenvalue weighted by atomic mass is 35.5. The van der Waals surface area contributed by atoms with Crippen LogP contribution in [0.1, 0.15) is 20.8 Å². The van der Waals surface area contributed by atoms with Crippen molar-refractivity contribution in [3.8, 4) is 0 Å². The van der Waals surface area contributed by atoms with Gasteiger partial charge in [0.15, 0.2) is 16.6 Å². The van der Waals surface area contributed by atoms with E-state index in [-0.39, 0.29) is 32.9 Å². The summed E-state index contributed by atoms with van der Waals surface area (Å²) in [4.78, 5) is 28.4. The van der Waals surface area contributed by atoms with Crippen molar-refractivity contribution in [3.63, 3.8) is 0 Å². The molecular formula is C16H18Cl3N5O2. The second-order valence-electron chi connectivity index (χ2n) is 7.07. The Bertz CT molecular complexity index is 865. The number of ether oxygens (including phenoxy) is 1. The van der Waals surface area contributed by atoms with Crippen molar-refractivity contribution in [3.05, 3.63) is 21.4 Å². The Labute approximate surface area is 166 Å². The van der Waals surface area contributed by atoms with Crippen LogP contribution in [-0.4, -0.2) is 57.7 Å². The van der Waals surface area contributed by atoms with Gasteiger partial charge in [-0.15, -0.1) is 0 Å². The monoisotopic (exact) mass is 417 g/mol. The van der Waals surface area contributed by atoms with Crippen LogP contribution in [0.2, 0.25) is 15.2 Å². The lowest BCUT2D eigenvalue weighted by Gasteiger charge is -2.41. The number of rotatable bonds is 2. The summed E-state index contributed by atoms with van der Waals surface area (Å²) in [6.07, 6.45) is 0.824. The fourth-order valence-corrected chi connectivity index (χ4v) is 2.86. The van der Waals surface area contributed by atoms with E-state index in [2.05, 4.69) is 15.0 Å². The lowest BCUT2D eigenvalue weighted by Crippen LogP contribution is -2.55. The highest BCUT2D eigenvalue weighted by molar-refractivity contribution is 6.44. The molecule has 0 atom stereocenters. The summed E-state index contributed by atoms with van der Waals surface area (Å²) < 4.78 is 5.49. The zero-order valence-electron chi connectivity index (χ0n) is 14.8. The molecular weight excluding hydrogens is 401 g/mol. The van der Waals surface area contributed by atoms with Crippen molar-refractivity contribution in [2.75, 3.05) is 25.0 Å². The normalized spacial score (nSPS) is 15.1. The van der Waals surface area contributed by atoms with Gasteiger partial charge in [0.05, 0.1) is 23.1 Å². The van der Waals surface area contributed by atoms with E-state index < -0.39 is 0 Å². The Morgan fingerprint density at radius 3 is 2.54 bits per heavy atom. The SMILES string of the molecule is CN(C(=O)OC1CN(c2nc3ncc(Cl)c(Cl)c3nc2Cl)C1)C(C)(C)C. The van der Waals surface area contributed by atoms with Crippen molar-refractivity contribution in [2.24, 2.45) is 0 Å². The average molecular weight is 419 g/mol. The first kappa shape index (κ1) is 19.2. The van der Waals surface area contributed by atoms with Gasteiger partial charge in [0.25, 0.3) is 0 Å². The zero-order chi connectivity index (χ0) is 19.2. The number of carbonyl (C=O) groups excluding carboxylic acids is 1. The third kappa shape index (κ3) is 3.61. The van der Waals surface area contributed by atoms with Gasteiger partial charge in [-0.3, -0.25) is 0 Å². The van der Waals surface area contributed by atoms with E-state index in [9.17, 15) is 4.79 Å². The minimum absolute atomic E-state index is 0.194. The lowest BCUT2D eigenvalue weighted by molar-refractivity contribution is 0.0365. The molecule has 1 saturated heterocycles. The van der Waals surface area contributed by atoms with E-state index in [1.165, 1.54) is 6.20 Å². The highest BCUT2D eigenvalue weighted by Crippen LogP contribution is 2.33. The smallest absolute Gasteiger partial charge is 0.410 e. The topological polar surface area (TPSA) is 71.5 Å². The minimum atomic E-state index is -0.360. The molecule has 7 nitrogen and oxygen atoms in total. The van der Waals surface area contributed by atoms with Crippen LogP contribution in [-0.2, 0) is 4.74 Å². The fourth-order valence-electron chi connectivity index (χ4n) is 2.30. The largest absolute Gasteiger partial charge is 0.442 e. The Morgan fingerprint density at radius 1 is 1.27 bits per heavy atom. The van der Waals surface area contributed by atoms with Crippen molar-refractivity contribution < 1.29 is 9.53 Å². The van der Waals surface area contributed by atoms with Gasteiger partial charge < -0.3 is 14.5 Å². The van der Waals surface area contributed by atoms with Gasteiger partial charge in [-0.2, -0.15) is 0 Å². The van der Waals surface area contributed by atoms with Gasteiger partial charge in [0.2, 0.25) is 0 Å². The molecule has 1 amide bonds. The van der Waals surface area contributed by atoms with Crippen molar-refractivity contribution in [1.29, 1.82) is 0 Å². The minimum Gasteiger partial charge on any atom is -0.442 e. The molecule has 0 aromatic carbocycles. The number of amides is 1. The number of carbonyl (C=O) groups is 1. The highest BCUT2D eigenvalue weighted by Gasteiger charge is 2.35. The fraction of sp³-hybridized carbons (Fsp3) is 0.500. The second-order valence-corrected chi connectivity index (χ2v) is 8.21. The molecule has 1 aliphatic rings. The van der Waals surface area contributed by atoms with Crippen molar-refractivity contribution in [2.45, 2.75) is 32.4 Å². The molecule has 0 radical (unpaired) electrons. The number of nitrogens with zero attached hydrogens (tertiary/aromatic N) is 5. The first-order valence-electron chi connectivity index (χ1n) is 7.94. The van der Waals surface area contributed by atoms with Gasteiger partial charge in [-0.25, -0.2) is 19.7 Å². The van der Waals surface area contributed by atoms with Gasteiger partial charge in [-0.05, 0) is 20.8 Å². The number of hydrogen-bond donors (Lipinski definition) is 0. The Morgan fingerprint density at radius 2 is 1.92 bits per heavy atom. The van der Waals surface area contributed by atoms with Crippen LogP contribution in [0, 0.1) is 0 Å². The first-order chi connectivity index (χ1) is 12.1. The number of fused-ring (bicyclic) bond motifs is 1. The molecule has 10 heteroatoms. The molecule has 0 bridgehead atoms. The molecule has 1 aliphatic heterocycles. The van der Waals surface area contributed by atoms with Crippen LogP contribution < -0.4 is 4.90 Å². The van der Waals surface area contributed by atoms with Gasteiger partial charge in [-0.1, -0.05) is 34.8 Å². The lowest BCUT2D eigenvalue weighted by atomic mass is 10.1. The van der Waals surface area contributed by atoms with E-state index in [0.717, 1.165) is 0 Å². The summed E-state index contributed by atoms with van der Waals surface area (Å²) >= 11 is 18.3. The molecule has 3 rings (SSSR count). The van der Waals surface area contributed by atoms with Crippen molar-refractivity contribution >= 4 is 57.9 Å². The standard InChI is InChI=1S/C16H18Cl3N5O2/c1-16(2,3)23(4)15(25)26-8-6-24(7-8)14-12(19)21-11-10(18)9(17)5-20-13(11)22-14/h5,8H,6-7H2,1-4H3. The van der Waals surface area contributed by atoms with E-state index in [0.29, 0.717) is 30.1 Å². The van der Waals surface area contributed by atoms with Crippen LogP contribution in [0.4, 0.5) is 10.6 Å². The third-order valence-corrected chi connectivity index (χ3v) is 5.25. The Hall–Kier alpha value is -1.57. The van der Waals surface area contributed by atoms with Crippen LogP contribution in [0.5, 0.6) is 0 Å². The molecule has 0 aliphatic carbocycles. The summed E-state index contributed by atoms with van der Waals surface area (Å²) in [6, 6.07) is 0. The van der Waals surface area contributed by atoms with E-state index in [1.807, 2.05) is 25.7 Å². The molecule has 140 valence electrons. The molecule has 2 aromatic heterocycles. The van der Waals surface area contributed by atoms with Crippen molar-refractivity contribution in [1.82, 2.24) is 19.9 Å². The summed E-state index contributed by atoms with van der Waals surface area (Å²) in [7, 11) is 1.71. The van der Waals surface area contributed by atoms with Gasteiger partial charge in [0, 0.05) is 18.8 Å². The average Bonchev–Trinajstić information content (AvgIpc) is 2.53. The van der Waals surface area contributed by atoms with Crippen LogP contribution in [0.3, 0.4) is 0 Å². The van der Waals surface area contributed by atoms with Crippen LogP contribution in [0.25, 0.3) is 11.2 Å². The maximum atomic E-state index is 12.1. The predicted octanol–water partition coefficient (Wildman–Crippen LogP) is 4.04. The Kier molecular flexibility index (Phi) is 5.07. The number of anilines is 1. The number of aromatic nitrogens is 3. The molecule has 0 N–H and O–H groups in total. The predicted molar refractivity (Wildman–Crippen MR) is 102 cm³/mol.